The summed E-state index contributed by atoms with van der Waals surface area (Å²) >= 11 is 0. The summed E-state index contributed by atoms with van der Waals surface area (Å²) in [6.45, 7) is 1.43. The topological polar surface area (TPSA) is 80.8 Å². The van der Waals surface area contributed by atoms with Crippen LogP contribution in [0.4, 0.5) is 10.1 Å². The van der Waals surface area contributed by atoms with Crippen LogP contribution in [0.1, 0.15) is 48.4 Å². The van der Waals surface area contributed by atoms with E-state index in [-0.39, 0.29) is 33.9 Å². The van der Waals surface area contributed by atoms with Crippen LogP contribution in [0.3, 0.4) is 0 Å². The van der Waals surface area contributed by atoms with E-state index in [1.807, 2.05) is 0 Å². The quantitative estimate of drug-likeness (QED) is 0.284. The summed E-state index contributed by atoms with van der Waals surface area (Å²) < 4.78 is 18.4. The van der Waals surface area contributed by atoms with Crippen LogP contribution in [0.2, 0.25) is 0 Å². The number of rotatable bonds is 4. The fourth-order valence-electron chi connectivity index (χ4n) is 3.12. The first kappa shape index (κ1) is 19.2. The van der Waals surface area contributed by atoms with Gasteiger partial charge in [-0.05, 0) is 73.7 Å². The highest BCUT2D eigenvalue weighted by Gasteiger charge is 2.37. The Morgan fingerprint density at radius 2 is 1.40 bits per heavy atom. The number of Topliss-reactive ketones (excluding diaryl/α,β-unsaturated/α-hetero) is 1. The predicted octanol–water partition coefficient (Wildman–Crippen LogP) is 4.05. The molecule has 7 heteroatoms. The van der Waals surface area contributed by atoms with Gasteiger partial charge in [-0.3, -0.25) is 14.4 Å². The molecular formula is C23H14FNO5. The van der Waals surface area contributed by atoms with Crippen molar-refractivity contribution >= 4 is 29.3 Å². The summed E-state index contributed by atoms with van der Waals surface area (Å²) in [6.07, 6.45) is 0. The SMILES string of the molecule is CC(=O)c1ccc(OC(=O)c2ccc3c(c2)C(=O)N(c2ccc(F)cc2)C3=O)cc1. The normalized spacial score (nSPS) is 12.7. The van der Waals surface area contributed by atoms with Crippen LogP contribution >= 0.6 is 0 Å². The van der Waals surface area contributed by atoms with Crippen LogP contribution in [0.25, 0.3) is 0 Å². The second-order valence-electron chi connectivity index (χ2n) is 6.65. The van der Waals surface area contributed by atoms with Gasteiger partial charge in [-0.2, -0.15) is 0 Å². The molecule has 0 aromatic heterocycles. The molecular weight excluding hydrogens is 389 g/mol. The second-order valence-corrected chi connectivity index (χ2v) is 6.65. The monoisotopic (exact) mass is 403 g/mol. The van der Waals surface area contributed by atoms with E-state index < -0.39 is 23.6 Å². The Labute approximate surface area is 170 Å². The first-order chi connectivity index (χ1) is 14.3. The standard InChI is InChI=1S/C23H14FNO5/c1-13(26)14-2-9-18(10-3-14)30-23(29)15-4-11-19-20(12-15)22(28)25(21(19)27)17-7-5-16(24)6-8-17/h2-12H,1H3. The molecule has 6 nitrogen and oxygen atoms in total. The van der Waals surface area contributed by atoms with E-state index >= 15 is 0 Å². The number of hydrogen-bond donors (Lipinski definition) is 0. The third-order valence-corrected chi connectivity index (χ3v) is 4.68. The number of hydrogen-bond acceptors (Lipinski definition) is 5. The Morgan fingerprint density at radius 3 is 2.03 bits per heavy atom. The molecule has 0 bridgehead atoms. The molecule has 0 radical (unpaired) electrons. The average molecular weight is 403 g/mol. The van der Waals surface area contributed by atoms with Gasteiger partial charge in [0.05, 0.1) is 22.4 Å². The largest absolute Gasteiger partial charge is 0.423 e. The van der Waals surface area contributed by atoms with Crippen molar-refractivity contribution < 1.29 is 28.3 Å². The van der Waals surface area contributed by atoms with Crippen molar-refractivity contribution in [2.45, 2.75) is 6.92 Å². The minimum atomic E-state index is -0.714. The summed E-state index contributed by atoms with van der Waals surface area (Å²) in [5.74, 6) is -2.24. The first-order valence-electron chi connectivity index (χ1n) is 8.97. The van der Waals surface area contributed by atoms with Crippen LogP contribution in [-0.4, -0.2) is 23.6 Å². The van der Waals surface area contributed by atoms with Gasteiger partial charge in [-0.15, -0.1) is 0 Å². The van der Waals surface area contributed by atoms with E-state index in [2.05, 4.69) is 0 Å². The molecule has 0 atom stereocenters. The highest BCUT2D eigenvalue weighted by molar-refractivity contribution is 6.34. The van der Waals surface area contributed by atoms with Gasteiger partial charge in [-0.25, -0.2) is 14.1 Å². The van der Waals surface area contributed by atoms with Crippen molar-refractivity contribution in [2.24, 2.45) is 0 Å². The maximum Gasteiger partial charge on any atom is 0.343 e. The predicted molar refractivity (Wildman–Crippen MR) is 105 cm³/mol. The molecule has 0 unspecified atom stereocenters. The smallest absolute Gasteiger partial charge is 0.343 e. The van der Waals surface area contributed by atoms with Crippen molar-refractivity contribution in [1.29, 1.82) is 0 Å². The summed E-state index contributed by atoms with van der Waals surface area (Å²) in [7, 11) is 0. The number of benzene rings is 3. The van der Waals surface area contributed by atoms with Gasteiger partial charge in [0.1, 0.15) is 11.6 Å². The number of anilines is 1. The van der Waals surface area contributed by atoms with Crippen molar-refractivity contribution in [1.82, 2.24) is 0 Å². The van der Waals surface area contributed by atoms with Crippen LogP contribution in [0.15, 0.2) is 66.7 Å². The fourth-order valence-corrected chi connectivity index (χ4v) is 3.12. The maximum absolute atomic E-state index is 13.2. The molecule has 0 fully saturated rings. The lowest BCUT2D eigenvalue weighted by molar-refractivity contribution is 0.0734. The molecule has 1 aliphatic heterocycles. The molecule has 0 N–H and O–H groups in total. The Morgan fingerprint density at radius 1 is 0.800 bits per heavy atom. The summed E-state index contributed by atoms with van der Waals surface area (Å²) in [4.78, 5) is 50.1. The van der Waals surface area contributed by atoms with E-state index in [1.165, 1.54) is 61.5 Å². The Hall–Kier alpha value is -4.13. The number of carbonyl (C=O) groups is 4. The highest BCUT2D eigenvalue weighted by Crippen LogP contribution is 2.29. The van der Waals surface area contributed by atoms with Gasteiger partial charge in [0.15, 0.2) is 5.78 Å². The summed E-state index contributed by atoms with van der Waals surface area (Å²) in [5, 5.41) is 0. The van der Waals surface area contributed by atoms with Gasteiger partial charge in [0.2, 0.25) is 0 Å². The molecule has 0 saturated heterocycles. The van der Waals surface area contributed by atoms with Crippen LogP contribution in [-0.2, 0) is 0 Å². The number of esters is 1. The molecule has 0 saturated carbocycles. The molecule has 1 heterocycles. The zero-order valence-electron chi connectivity index (χ0n) is 15.7. The van der Waals surface area contributed by atoms with E-state index in [0.717, 1.165) is 17.0 Å². The third-order valence-electron chi connectivity index (χ3n) is 4.68. The Balaban J connectivity index is 1.58. The molecule has 2 amide bonds. The molecule has 3 aromatic rings. The molecule has 4 rings (SSSR count). The first-order valence-corrected chi connectivity index (χ1v) is 8.97. The number of imide groups is 1. The number of halogens is 1. The molecule has 1 aliphatic rings. The van der Waals surface area contributed by atoms with Gasteiger partial charge in [-0.1, -0.05) is 0 Å². The highest BCUT2D eigenvalue weighted by atomic mass is 19.1. The second kappa shape index (κ2) is 7.36. The minimum absolute atomic E-state index is 0.0608. The van der Waals surface area contributed by atoms with Crippen molar-refractivity contribution in [2.75, 3.05) is 4.90 Å². The Bertz CT molecular complexity index is 1200. The van der Waals surface area contributed by atoms with Crippen LogP contribution < -0.4 is 9.64 Å². The number of ether oxygens (including phenoxy) is 1. The number of ketones is 1. The molecule has 148 valence electrons. The number of carbonyl (C=O) groups excluding carboxylic acids is 4. The zero-order valence-corrected chi connectivity index (χ0v) is 15.7. The third kappa shape index (κ3) is 3.37. The van der Waals surface area contributed by atoms with Crippen molar-refractivity contribution in [3.8, 4) is 5.75 Å². The fraction of sp³-hybridized carbons (Fsp3) is 0.0435. The lowest BCUT2D eigenvalue weighted by Gasteiger charge is -2.13. The maximum atomic E-state index is 13.2. The molecule has 0 spiro atoms. The molecule has 0 aliphatic carbocycles. The summed E-state index contributed by atoms with van der Waals surface area (Å²) in [5.41, 5.74) is 1.01. The molecule has 30 heavy (non-hydrogen) atoms. The van der Waals surface area contributed by atoms with Gasteiger partial charge < -0.3 is 4.74 Å². The number of fused-ring (bicyclic) bond motifs is 1. The molecule has 3 aromatic carbocycles. The van der Waals surface area contributed by atoms with Gasteiger partial charge in [0, 0.05) is 5.56 Å². The van der Waals surface area contributed by atoms with E-state index in [9.17, 15) is 23.6 Å². The van der Waals surface area contributed by atoms with Crippen molar-refractivity contribution in [3.05, 3.63) is 94.8 Å². The number of amides is 2. The zero-order chi connectivity index (χ0) is 21.4. The lowest BCUT2D eigenvalue weighted by atomic mass is 10.1. The average Bonchev–Trinajstić information content (AvgIpc) is 2.99. The van der Waals surface area contributed by atoms with Crippen molar-refractivity contribution in [3.63, 3.8) is 0 Å². The van der Waals surface area contributed by atoms with Crippen LogP contribution in [0.5, 0.6) is 5.75 Å². The van der Waals surface area contributed by atoms with Gasteiger partial charge in [0.25, 0.3) is 11.8 Å². The van der Waals surface area contributed by atoms with E-state index in [0.29, 0.717) is 5.56 Å². The lowest BCUT2D eigenvalue weighted by Crippen LogP contribution is -2.29. The minimum Gasteiger partial charge on any atom is -0.423 e. The van der Waals surface area contributed by atoms with E-state index in [4.69, 9.17) is 4.74 Å². The number of nitrogens with zero attached hydrogens (tertiary/aromatic N) is 1. The summed E-state index contributed by atoms with van der Waals surface area (Å²) in [6, 6.07) is 15.1. The Kier molecular flexibility index (Phi) is 4.71. The van der Waals surface area contributed by atoms with Gasteiger partial charge >= 0.3 is 5.97 Å². The van der Waals surface area contributed by atoms with E-state index in [1.54, 1.807) is 0 Å². The van der Waals surface area contributed by atoms with Crippen LogP contribution in [0, 0.1) is 5.82 Å².